The van der Waals surface area contributed by atoms with Crippen LogP contribution in [0, 0.1) is 0 Å². The van der Waals surface area contributed by atoms with Crippen molar-refractivity contribution in [2.75, 3.05) is 7.11 Å². The zero-order valence-corrected chi connectivity index (χ0v) is 9.64. The van der Waals surface area contributed by atoms with Crippen molar-refractivity contribution < 1.29 is 19.4 Å². The molecule has 0 aliphatic rings. The number of nitrogens with one attached hydrogen (secondary N) is 1. The summed E-state index contributed by atoms with van der Waals surface area (Å²) in [5.74, 6) is -0.933. The number of aromatic nitrogens is 1. The smallest absolute Gasteiger partial charge is 0.305 e. The van der Waals surface area contributed by atoms with Gasteiger partial charge in [0.05, 0.1) is 25.3 Å². The molecule has 1 aromatic rings. The Morgan fingerprint density at radius 2 is 2.24 bits per heavy atom. The highest BCUT2D eigenvalue weighted by molar-refractivity contribution is 5.75. The Balaban J connectivity index is 2.94. The van der Waals surface area contributed by atoms with Crippen LogP contribution in [0.2, 0.25) is 0 Å². The average molecular weight is 238 g/mol. The summed E-state index contributed by atoms with van der Waals surface area (Å²) >= 11 is 0. The minimum Gasteiger partial charge on any atom is -0.481 e. The molecule has 0 aliphatic carbocycles. The summed E-state index contributed by atoms with van der Waals surface area (Å²) in [5.41, 5.74) is 0.460. The fourth-order valence-electron chi connectivity index (χ4n) is 1.39. The molecule has 0 aliphatic heterocycles. The fourth-order valence-corrected chi connectivity index (χ4v) is 1.39. The highest BCUT2D eigenvalue weighted by Gasteiger charge is 2.18. The zero-order valence-electron chi connectivity index (χ0n) is 9.64. The summed E-state index contributed by atoms with van der Waals surface area (Å²) in [5, 5.41) is 11.3. The van der Waals surface area contributed by atoms with Crippen LogP contribution >= 0.6 is 0 Å². The van der Waals surface area contributed by atoms with E-state index in [-0.39, 0.29) is 12.3 Å². The first-order valence-electron chi connectivity index (χ1n) is 5.02. The van der Waals surface area contributed by atoms with Gasteiger partial charge in [0.1, 0.15) is 0 Å². The van der Waals surface area contributed by atoms with Crippen molar-refractivity contribution in [1.82, 2.24) is 10.3 Å². The lowest BCUT2D eigenvalue weighted by Crippen LogP contribution is -2.28. The van der Waals surface area contributed by atoms with E-state index in [1.54, 1.807) is 18.2 Å². The predicted molar refractivity (Wildman–Crippen MR) is 59.6 cm³/mol. The second kappa shape index (κ2) is 5.83. The highest BCUT2D eigenvalue weighted by atomic mass is 16.5. The number of carbonyl (C=O) groups is 2. The number of carboxylic acid groups (broad SMARTS) is 1. The third-order valence-electron chi connectivity index (χ3n) is 2.07. The number of aliphatic carboxylic acids is 1. The first-order chi connectivity index (χ1) is 8.02. The molecule has 0 aromatic carbocycles. The molecule has 0 fully saturated rings. The summed E-state index contributed by atoms with van der Waals surface area (Å²) < 4.78 is 4.94. The highest BCUT2D eigenvalue weighted by Crippen LogP contribution is 2.17. The van der Waals surface area contributed by atoms with Gasteiger partial charge in [0.15, 0.2) is 0 Å². The van der Waals surface area contributed by atoms with Gasteiger partial charge in [-0.05, 0) is 6.07 Å². The molecule has 0 radical (unpaired) electrons. The van der Waals surface area contributed by atoms with E-state index in [0.29, 0.717) is 11.6 Å². The van der Waals surface area contributed by atoms with Gasteiger partial charge in [-0.3, -0.25) is 9.59 Å². The van der Waals surface area contributed by atoms with E-state index in [9.17, 15) is 9.59 Å². The summed E-state index contributed by atoms with van der Waals surface area (Å²) in [4.78, 5) is 25.8. The Kier molecular flexibility index (Phi) is 4.45. The Morgan fingerprint density at radius 1 is 1.53 bits per heavy atom. The number of rotatable bonds is 5. The molecule has 0 unspecified atom stereocenters. The van der Waals surface area contributed by atoms with Crippen LogP contribution in [0.1, 0.15) is 25.1 Å². The third kappa shape index (κ3) is 4.10. The Morgan fingerprint density at radius 3 is 2.76 bits per heavy atom. The lowest BCUT2D eigenvalue weighted by Gasteiger charge is -2.15. The van der Waals surface area contributed by atoms with E-state index in [2.05, 4.69) is 10.3 Å². The first-order valence-corrected chi connectivity index (χ1v) is 5.02. The van der Waals surface area contributed by atoms with Crippen molar-refractivity contribution in [3.05, 3.63) is 23.9 Å². The number of hydrogen-bond donors (Lipinski definition) is 2. The van der Waals surface area contributed by atoms with Crippen LogP contribution in [0.3, 0.4) is 0 Å². The molecular formula is C11H14N2O4. The summed E-state index contributed by atoms with van der Waals surface area (Å²) in [6.45, 7) is 1.33. The molecule has 2 N–H and O–H groups in total. The number of hydrogen-bond acceptors (Lipinski definition) is 4. The Bertz CT molecular complexity index is 404. The van der Waals surface area contributed by atoms with Gasteiger partial charge in [-0.1, -0.05) is 6.07 Å². The molecule has 1 amide bonds. The molecule has 1 rings (SSSR count). The standard InChI is InChI=1S/C11H14N2O4/c1-7(14)12-9(6-11(15)16)8-4-3-5-10(13-8)17-2/h3-5,9H,6H2,1-2H3,(H,12,14)(H,15,16)/t9-/m0/s1. The first kappa shape index (κ1) is 13.0. The van der Waals surface area contributed by atoms with Gasteiger partial charge in [0.2, 0.25) is 11.8 Å². The molecule has 1 heterocycles. The van der Waals surface area contributed by atoms with Crippen LogP contribution in [0.5, 0.6) is 5.88 Å². The topological polar surface area (TPSA) is 88.5 Å². The predicted octanol–water partition coefficient (Wildman–Crippen LogP) is 0.742. The lowest BCUT2D eigenvalue weighted by molar-refractivity contribution is -0.137. The number of carboxylic acids is 1. The molecule has 6 heteroatoms. The van der Waals surface area contributed by atoms with Gasteiger partial charge in [-0.15, -0.1) is 0 Å². The van der Waals surface area contributed by atoms with Gasteiger partial charge >= 0.3 is 5.97 Å². The second-order valence-corrected chi connectivity index (χ2v) is 3.46. The van der Waals surface area contributed by atoms with Gasteiger partial charge in [-0.2, -0.15) is 0 Å². The van der Waals surface area contributed by atoms with E-state index in [1.165, 1.54) is 14.0 Å². The van der Waals surface area contributed by atoms with E-state index in [1.807, 2.05) is 0 Å². The SMILES string of the molecule is COc1cccc([C@H](CC(=O)O)NC(C)=O)n1. The summed E-state index contributed by atoms with van der Waals surface area (Å²) in [6, 6.07) is 4.33. The van der Waals surface area contributed by atoms with Gasteiger partial charge < -0.3 is 15.2 Å². The normalized spacial score (nSPS) is 11.6. The fraction of sp³-hybridized carbons (Fsp3) is 0.364. The summed E-state index contributed by atoms with van der Waals surface area (Å²) in [6.07, 6.45) is -0.222. The van der Waals surface area contributed by atoms with E-state index in [0.717, 1.165) is 0 Å². The Labute approximate surface area is 98.6 Å². The number of carbonyl (C=O) groups excluding carboxylic acids is 1. The molecule has 0 bridgehead atoms. The van der Waals surface area contributed by atoms with Crippen LogP contribution in [-0.2, 0) is 9.59 Å². The molecule has 0 saturated heterocycles. The molecule has 0 spiro atoms. The largest absolute Gasteiger partial charge is 0.481 e. The number of methoxy groups -OCH3 is 1. The van der Waals surface area contributed by atoms with Gasteiger partial charge in [0, 0.05) is 13.0 Å². The number of nitrogens with zero attached hydrogens (tertiary/aromatic N) is 1. The minimum absolute atomic E-state index is 0.222. The molecule has 1 aromatic heterocycles. The molecule has 17 heavy (non-hydrogen) atoms. The van der Waals surface area contributed by atoms with Crippen molar-refractivity contribution in [1.29, 1.82) is 0 Å². The Hall–Kier alpha value is -2.11. The van der Waals surface area contributed by atoms with Gasteiger partial charge in [-0.25, -0.2) is 4.98 Å². The van der Waals surface area contributed by atoms with Crippen molar-refractivity contribution in [3.8, 4) is 5.88 Å². The van der Waals surface area contributed by atoms with Gasteiger partial charge in [0.25, 0.3) is 0 Å². The number of ether oxygens (including phenoxy) is 1. The average Bonchev–Trinajstić information content (AvgIpc) is 2.27. The minimum atomic E-state index is -1.01. The van der Waals surface area contributed by atoms with Crippen molar-refractivity contribution in [2.45, 2.75) is 19.4 Å². The van der Waals surface area contributed by atoms with Crippen LogP contribution < -0.4 is 10.1 Å². The lowest BCUT2D eigenvalue weighted by atomic mass is 10.1. The quantitative estimate of drug-likeness (QED) is 0.789. The third-order valence-corrected chi connectivity index (χ3v) is 2.07. The molecule has 1 atom stereocenters. The second-order valence-electron chi connectivity index (χ2n) is 3.46. The van der Waals surface area contributed by atoms with Crippen LogP contribution in [0.25, 0.3) is 0 Å². The van der Waals surface area contributed by atoms with Crippen molar-refractivity contribution in [3.63, 3.8) is 0 Å². The van der Waals surface area contributed by atoms with E-state index < -0.39 is 12.0 Å². The van der Waals surface area contributed by atoms with Crippen LogP contribution in [0.4, 0.5) is 0 Å². The zero-order chi connectivity index (χ0) is 12.8. The molecular weight excluding hydrogens is 224 g/mol. The monoisotopic (exact) mass is 238 g/mol. The van der Waals surface area contributed by atoms with E-state index >= 15 is 0 Å². The molecule has 0 saturated carbocycles. The van der Waals surface area contributed by atoms with Crippen molar-refractivity contribution >= 4 is 11.9 Å². The van der Waals surface area contributed by atoms with Crippen LogP contribution in [-0.4, -0.2) is 29.1 Å². The maximum Gasteiger partial charge on any atom is 0.305 e. The van der Waals surface area contributed by atoms with Crippen molar-refractivity contribution in [2.24, 2.45) is 0 Å². The maximum atomic E-state index is 11.0. The summed E-state index contributed by atoms with van der Waals surface area (Å²) in [7, 11) is 1.47. The molecule has 6 nitrogen and oxygen atoms in total. The number of pyridine rings is 1. The van der Waals surface area contributed by atoms with E-state index in [4.69, 9.17) is 9.84 Å². The molecule has 92 valence electrons. The maximum absolute atomic E-state index is 11.0. The van der Waals surface area contributed by atoms with Crippen LogP contribution in [0.15, 0.2) is 18.2 Å². The number of amides is 1.